The molecule has 4 nitrogen and oxygen atoms in total. The molecule has 6 heteroatoms. The van der Waals surface area contributed by atoms with Gasteiger partial charge in [0.05, 0.1) is 11.3 Å². The van der Waals surface area contributed by atoms with Crippen LogP contribution < -0.4 is 5.32 Å². The molecule has 0 aliphatic heterocycles. The first-order valence-electron chi connectivity index (χ1n) is 5.99. The predicted octanol–water partition coefficient (Wildman–Crippen LogP) is 3.85. The van der Waals surface area contributed by atoms with Crippen LogP contribution in [-0.4, -0.2) is 17.0 Å². The molecule has 2 aromatic rings. The summed E-state index contributed by atoms with van der Waals surface area (Å²) in [6, 6.07) is 8.19. The number of carbonyl (C=O) groups is 2. The maximum absolute atomic E-state index is 13.6. The van der Waals surface area contributed by atoms with Gasteiger partial charge in [0.15, 0.2) is 0 Å². The van der Waals surface area contributed by atoms with Crippen molar-refractivity contribution in [3.63, 3.8) is 0 Å². The average molecular weight is 352 g/mol. The molecule has 0 heterocycles. The molecule has 0 spiro atoms. The molecule has 108 valence electrons. The summed E-state index contributed by atoms with van der Waals surface area (Å²) in [7, 11) is 0. The van der Waals surface area contributed by atoms with Crippen LogP contribution in [0.25, 0.3) is 0 Å². The van der Waals surface area contributed by atoms with E-state index >= 15 is 0 Å². The number of anilines is 1. The van der Waals surface area contributed by atoms with Gasteiger partial charge in [-0.2, -0.15) is 0 Å². The van der Waals surface area contributed by atoms with E-state index in [1.54, 1.807) is 18.2 Å². The highest BCUT2D eigenvalue weighted by Gasteiger charge is 2.13. The third-order valence-electron chi connectivity index (χ3n) is 2.90. The Labute approximate surface area is 128 Å². The van der Waals surface area contributed by atoms with Crippen LogP contribution in [0.3, 0.4) is 0 Å². The van der Waals surface area contributed by atoms with Gasteiger partial charge in [0, 0.05) is 10.0 Å². The summed E-state index contributed by atoms with van der Waals surface area (Å²) in [6.45, 7) is 1.88. The Balaban J connectivity index is 2.28. The van der Waals surface area contributed by atoms with E-state index < -0.39 is 17.7 Å². The standard InChI is InChI=1S/C15H11BrFNO3/c1-8-2-3-9(6-11(8)16)14(19)18-13-7-10(15(20)21)4-5-12(13)17/h2-7H,1H3,(H,18,19)(H,20,21). The zero-order chi connectivity index (χ0) is 15.6. The average Bonchev–Trinajstić information content (AvgIpc) is 2.43. The lowest BCUT2D eigenvalue weighted by molar-refractivity contribution is 0.0696. The number of nitrogens with one attached hydrogen (secondary N) is 1. The third-order valence-corrected chi connectivity index (χ3v) is 3.75. The van der Waals surface area contributed by atoms with E-state index in [0.29, 0.717) is 5.56 Å². The van der Waals surface area contributed by atoms with Gasteiger partial charge < -0.3 is 10.4 Å². The van der Waals surface area contributed by atoms with E-state index in [-0.39, 0.29) is 11.3 Å². The van der Waals surface area contributed by atoms with Gasteiger partial charge in [0.2, 0.25) is 0 Å². The van der Waals surface area contributed by atoms with Gasteiger partial charge in [-0.3, -0.25) is 4.79 Å². The van der Waals surface area contributed by atoms with Crippen LogP contribution in [0, 0.1) is 12.7 Å². The van der Waals surface area contributed by atoms with E-state index in [2.05, 4.69) is 21.2 Å². The molecule has 2 aromatic carbocycles. The predicted molar refractivity (Wildman–Crippen MR) is 80.2 cm³/mol. The van der Waals surface area contributed by atoms with Crippen molar-refractivity contribution in [1.82, 2.24) is 0 Å². The molecule has 0 atom stereocenters. The van der Waals surface area contributed by atoms with Gasteiger partial charge in [-0.25, -0.2) is 9.18 Å². The molecule has 0 saturated heterocycles. The van der Waals surface area contributed by atoms with Gasteiger partial charge in [0.25, 0.3) is 5.91 Å². The molecule has 2 rings (SSSR count). The molecule has 2 N–H and O–H groups in total. The minimum atomic E-state index is -1.19. The number of carboxylic acid groups (broad SMARTS) is 1. The Bertz CT molecular complexity index is 731. The molecular weight excluding hydrogens is 341 g/mol. The Hall–Kier alpha value is -2.21. The fourth-order valence-electron chi connectivity index (χ4n) is 1.68. The molecule has 0 aliphatic carbocycles. The van der Waals surface area contributed by atoms with Crippen molar-refractivity contribution in [2.75, 3.05) is 5.32 Å². The number of benzene rings is 2. The fourth-order valence-corrected chi connectivity index (χ4v) is 2.06. The first kappa shape index (κ1) is 15.2. The molecular formula is C15H11BrFNO3. The second-order valence-electron chi connectivity index (χ2n) is 4.42. The van der Waals surface area contributed by atoms with E-state index in [9.17, 15) is 14.0 Å². The van der Waals surface area contributed by atoms with Crippen molar-refractivity contribution in [3.05, 3.63) is 63.4 Å². The highest BCUT2D eigenvalue weighted by Crippen LogP contribution is 2.20. The summed E-state index contributed by atoms with van der Waals surface area (Å²) in [5.74, 6) is -2.40. The molecule has 0 unspecified atom stereocenters. The minimum Gasteiger partial charge on any atom is -0.478 e. The van der Waals surface area contributed by atoms with Crippen LogP contribution >= 0.6 is 15.9 Å². The lowest BCUT2D eigenvalue weighted by atomic mass is 10.1. The number of carbonyl (C=O) groups excluding carboxylic acids is 1. The normalized spacial score (nSPS) is 10.2. The summed E-state index contributed by atoms with van der Waals surface area (Å²) in [4.78, 5) is 22.9. The summed E-state index contributed by atoms with van der Waals surface area (Å²) in [5, 5.41) is 11.2. The summed E-state index contributed by atoms with van der Waals surface area (Å²) >= 11 is 3.31. The molecule has 1 amide bonds. The van der Waals surface area contributed by atoms with Gasteiger partial charge in [-0.15, -0.1) is 0 Å². The van der Waals surface area contributed by atoms with Crippen LogP contribution in [0.4, 0.5) is 10.1 Å². The van der Waals surface area contributed by atoms with Gasteiger partial charge >= 0.3 is 5.97 Å². The minimum absolute atomic E-state index is 0.100. The first-order chi connectivity index (χ1) is 9.88. The zero-order valence-corrected chi connectivity index (χ0v) is 12.6. The second-order valence-corrected chi connectivity index (χ2v) is 5.27. The van der Waals surface area contributed by atoms with Crippen LogP contribution in [-0.2, 0) is 0 Å². The lowest BCUT2D eigenvalue weighted by Gasteiger charge is -2.08. The van der Waals surface area contributed by atoms with E-state index in [1.807, 2.05) is 6.92 Å². The molecule has 0 fully saturated rings. The van der Waals surface area contributed by atoms with Crippen molar-refractivity contribution in [3.8, 4) is 0 Å². The van der Waals surface area contributed by atoms with Crippen molar-refractivity contribution in [2.45, 2.75) is 6.92 Å². The highest BCUT2D eigenvalue weighted by atomic mass is 79.9. The number of halogens is 2. The number of amides is 1. The maximum Gasteiger partial charge on any atom is 0.335 e. The Morgan fingerprint density at radius 2 is 1.81 bits per heavy atom. The topological polar surface area (TPSA) is 66.4 Å². The molecule has 0 saturated carbocycles. The van der Waals surface area contributed by atoms with Crippen molar-refractivity contribution in [2.24, 2.45) is 0 Å². The zero-order valence-electron chi connectivity index (χ0n) is 11.0. The Kier molecular flexibility index (Phi) is 4.37. The number of rotatable bonds is 3. The smallest absolute Gasteiger partial charge is 0.335 e. The summed E-state index contributed by atoms with van der Waals surface area (Å²) < 4.78 is 14.4. The maximum atomic E-state index is 13.6. The quantitative estimate of drug-likeness (QED) is 0.882. The lowest BCUT2D eigenvalue weighted by Crippen LogP contribution is -2.14. The third kappa shape index (κ3) is 3.46. The largest absolute Gasteiger partial charge is 0.478 e. The fraction of sp³-hybridized carbons (Fsp3) is 0.0667. The summed E-state index contributed by atoms with van der Waals surface area (Å²) in [5.41, 5.74) is 1.03. The van der Waals surface area contributed by atoms with Crippen LogP contribution in [0.5, 0.6) is 0 Å². The van der Waals surface area contributed by atoms with E-state index in [1.165, 1.54) is 0 Å². The number of aromatic carboxylic acids is 1. The molecule has 0 aliphatic rings. The monoisotopic (exact) mass is 351 g/mol. The second kappa shape index (κ2) is 6.05. The summed E-state index contributed by atoms with van der Waals surface area (Å²) in [6.07, 6.45) is 0. The van der Waals surface area contributed by atoms with Crippen molar-refractivity contribution in [1.29, 1.82) is 0 Å². The SMILES string of the molecule is Cc1ccc(C(=O)Nc2cc(C(=O)O)ccc2F)cc1Br. The van der Waals surface area contributed by atoms with Crippen molar-refractivity contribution >= 4 is 33.5 Å². The van der Waals surface area contributed by atoms with Crippen LogP contribution in [0.15, 0.2) is 40.9 Å². The van der Waals surface area contributed by atoms with Gasteiger partial charge in [-0.05, 0) is 42.8 Å². The van der Waals surface area contributed by atoms with E-state index in [4.69, 9.17) is 5.11 Å². The highest BCUT2D eigenvalue weighted by molar-refractivity contribution is 9.10. The Morgan fingerprint density at radius 3 is 2.43 bits per heavy atom. The number of aryl methyl sites for hydroxylation is 1. The van der Waals surface area contributed by atoms with E-state index in [0.717, 1.165) is 28.2 Å². The molecule has 0 radical (unpaired) electrons. The molecule has 0 aromatic heterocycles. The first-order valence-corrected chi connectivity index (χ1v) is 6.78. The van der Waals surface area contributed by atoms with Crippen molar-refractivity contribution < 1.29 is 19.1 Å². The van der Waals surface area contributed by atoms with Gasteiger partial charge in [0.1, 0.15) is 5.82 Å². The van der Waals surface area contributed by atoms with Crippen LogP contribution in [0.2, 0.25) is 0 Å². The number of hydrogen-bond acceptors (Lipinski definition) is 2. The molecule has 0 bridgehead atoms. The number of carboxylic acids is 1. The van der Waals surface area contributed by atoms with Crippen LogP contribution in [0.1, 0.15) is 26.3 Å². The number of hydrogen-bond donors (Lipinski definition) is 2. The molecule has 21 heavy (non-hydrogen) atoms. The Morgan fingerprint density at radius 1 is 1.14 bits per heavy atom. The van der Waals surface area contributed by atoms with Gasteiger partial charge in [-0.1, -0.05) is 22.0 Å².